The van der Waals surface area contributed by atoms with Gasteiger partial charge in [0, 0.05) is 10.7 Å². The molecule has 1 aromatic carbocycles. The number of hydrogen-bond donors (Lipinski definition) is 2. The Bertz CT molecular complexity index is 691. The number of rotatable bonds is 3. The molecule has 20 heavy (non-hydrogen) atoms. The van der Waals surface area contributed by atoms with Gasteiger partial charge in [-0.05, 0) is 46.3 Å². The molecular formula is C13H8BrFN2O3. The van der Waals surface area contributed by atoms with Gasteiger partial charge in [0.05, 0.1) is 11.3 Å². The highest BCUT2D eigenvalue weighted by Gasteiger charge is 2.18. The van der Waals surface area contributed by atoms with Crippen LogP contribution < -0.4 is 5.32 Å². The number of nitrogens with zero attached hydrogens (tertiary/aromatic N) is 1. The Morgan fingerprint density at radius 3 is 2.70 bits per heavy atom. The second kappa shape index (κ2) is 5.79. The van der Waals surface area contributed by atoms with Crippen molar-refractivity contribution in [2.45, 2.75) is 0 Å². The summed E-state index contributed by atoms with van der Waals surface area (Å²) < 4.78 is 13.3. The lowest BCUT2D eigenvalue weighted by atomic mass is 10.2. The molecular weight excluding hydrogens is 331 g/mol. The first-order valence-corrected chi connectivity index (χ1v) is 6.23. The minimum atomic E-state index is -1.25. The summed E-state index contributed by atoms with van der Waals surface area (Å²) in [6, 6.07) is 6.43. The van der Waals surface area contributed by atoms with E-state index in [2.05, 4.69) is 26.2 Å². The molecule has 0 fully saturated rings. The van der Waals surface area contributed by atoms with Gasteiger partial charge < -0.3 is 10.4 Å². The molecule has 0 spiro atoms. The first-order valence-electron chi connectivity index (χ1n) is 5.44. The number of hydrogen-bond acceptors (Lipinski definition) is 3. The van der Waals surface area contributed by atoms with Crippen molar-refractivity contribution in [3.05, 3.63) is 58.1 Å². The van der Waals surface area contributed by atoms with Gasteiger partial charge in [-0.3, -0.25) is 9.78 Å². The largest absolute Gasteiger partial charge is 0.478 e. The van der Waals surface area contributed by atoms with Crippen LogP contribution in [0.4, 0.5) is 10.1 Å². The molecule has 0 saturated heterocycles. The number of aromatic carboxylic acids is 1. The lowest BCUT2D eigenvalue weighted by Gasteiger charge is -2.08. The van der Waals surface area contributed by atoms with Crippen LogP contribution in [0.5, 0.6) is 0 Å². The first-order chi connectivity index (χ1) is 9.49. The van der Waals surface area contributed by atoms with E-state index in [1.54, 1.807) is 0 Å². The fourth-order valence-electron chi connectivity index (χ4n) is 1.53. The van der Waals surface area contributed by atoms with Crippen LogP contribution in [-0.4, -0.2) is 22.0 Å². The predicted molar refractivity (Wildman–Crippen MR) is 73.2 cm³/mol. The van der Waals surface area contributed by atoms with Gasteiger partial charge in [0.1, 0.15) is 11.5 Å². The normalized spacial score (nSPS) is 10.1. The van der Waals surface area contributed by atoms with Crippen molar-refractivity contribution in [2.24, 2.45) is 0 Å². The summed E-state index contributed by atoms with van der Waals surface area (Å²) >= 11 is 3.10. The fraction of sp³-hybridized carbons (Fsp3) is 0. The second-order valence-electron chi connectivity index (χ2n) is 3.78. The maximum atomic E-state index is 12.9. The zero-order valence-electron chi connectivity index (χ0n) is 9.93. The van der Waals surface area contributed by atoms with E-state index in [0.29, 0.717) is 10.2 Å². The van der Waals surface area contributed by atoms with Crippen LogP contribution in [0.2, 0.25) is 0 Å². The van der Waals surface area contributed by atoms with Crippen molar-refractivity contribution < 1.29 is 19.1 Å². The van der Waals surface area contributed by atoms with Crippen molar-refractivity contribution in [1.82, 2.24) is 4.98 Å². The van der Waals surface area contributed by atoms with Crippen molar-refractivity contribution in [3.63, 3.8) is 0 Å². The van der Waals surface area contributed by atoms with E-state index in [1.807, 2.05) is 0 Å². The van der Waals surface area contributed by atoms with Gasteiger partial charge in [0.25, 0.3) is 5.91 Å². The van der Waals surface area contributed by atoms with E-state index in [1.165, 1.54) is 36.5 Å². The molecule has 0 radical (unpaired) electrons. The lowest BCUT2D eigenvalue weighted by Crippen LogP contribution is -2.18. The number of carbonyl (C=O) groups excluding carboxylic acids is 1. The third-order valence-electron chi connectivity index (χ3n) is 2.43. The molecule has 2 aromatic rings. The third kappa shape index (κ3) is 3.00. The zero-order valence-corrected chi connectivity index (χ0v) is 11.5. The first kappa shape index (κ1) is 14.1. The van der Waals surface area contributed by atoms with Crippen molar-refractivity contribution >= 4 is 33.5 Å². The summed E-state index contributed by atoms with van der Waals surface area (Å²) in [6.45, 7) is 0. The molecule has 0 unspecified atom stereocenters. The maximum Gasteiger partial charge on any atom is 0.338 e. The minimum absolute atomic E-state index is 0.205. The van der Waals surface area contributed by atoms with Crippen LogP contribution in [0.15, 0.2) is 41.0 Å². The molecule has 1 aromatic heterocycles. The van der Waals surface area contributed by atoms with E-state index in [0.717, 1.165) is 0 Å². The van der Waals surface area contributed by atoms with Gasteiger partial charge in [-0.25, -0.2) is 9.18 Å². The molecule has 1 heterocycles. The molecule has 2 rings (SSSR count). The van der Waals surface area contributed by atoms with E-state index in [-0.39, 0.29) is 11.3 Å². The summed E-state index contributed by atoms with van der Waals surface area (Å²) in [6.07, 6.45) is 1.32. The van der Waals surface area contributed by atoms with Crippen LogP contribution in [-0.2, 0) is 0 Å². The Kier molecular flexibility index (Phi) is 4.09. The highest BCUT2D eigenvalue weighted by atomic mass is 79.9. The van der Waals surface area contributed by atoms with Gasteiger partial charge in [-0.2, -0.15) is 0 Å². The predicted octanol–water partition coefficient (Wildman–Crippen LogP) is 2.93. The van der Waals surface area contributed by atoms with E-state index in [4.69, 9.17) is 5.11 Å². The molecule has 5 nitrogen and oxygen atoms in total. The van der Waals surface area contributed by atoms with Crippen molar-refractivity contribution in [3.8, 4) is 0 Å². The monoisotopic (exact) mass is 338 g/mol. The van der Waals surface area contributed by atoms with Crippen LogP contribution in [0, 0.1) is 5.82 Å². The van der Waals surface area contributed by atoms with Crippen molar-refractivity contribution in [1.29, 1.82) is 0 Å². The molecule has 0 aliphatic carbocycles. The van der Waals surface area contributed by atoms with Gasteiger partial charge in [0.2, 0.25) is 0 Å². The molecule has 0 aliphatic heterocycles. The number of aromatic nitrogens is 1. The summed E-state index contributed by atoms with van der Waals surface area (Å²) in [5.74, 6) is -2.39. The third-order valence-corrected chi connectivity index (χ3v) is 3.09. The van der Waals surface area contributed by atoms with E-state index >= 15 is 0 Å². The van der Waals surface area contributed by atoms with Gasteiger partial charge in [-0.15, -0.1) is 0 Å². The highest BCUT2D eigenvalue weighted by molar-refractivity contribution is 9.10. The second-order valence-corrected chi connectivity index (χ2v) is 4.64. The number of nitrogens with one attached hydrogen (secondary N) is 1. The summed E-state index contributed by atoms with van der Waals surface area (Å²) in [5.41, 5.74) is -0.0992. The summed E-state index contributed by atoms with van der Waals surface area (Å²) in [5, 5.41) is 11.5. The fourth-order valence-corrected chi connectivity index (χ4v) is 1.98. The van der Waals surface area contributed by atoms with Crippen molar-refractivity contribution in [2.75, 3.05) is 5.32 Å². The average molecular weight is 339 g/mol. The number of amides is 1. The molecule has 0 bridgehead atoms. The molecule has 102 valence electrons. The highest BCUT2D eigenvalue weighted by Crippen LogP contribution is 2.23. The molecule has 2 N–H and O–H groups in total. The Morgan fingerprint density at radius 1 is 1.30 bits per heavy atom. The van der Waals surface area contributed by atoms with Crippen LogP contribution in [0.3, 0.4) is 0 Å². The summed E-state index contributed by atoms with van der Waals surface area (Å²) in [4.78, 5) is 26.8. The lowest BCUT2D eigenvalue weighted by molar-refractivity contribution is 0.0691. The van der Waals surface area contributed by atoms with Gasteiger partial charge >= 0.3 is 5.97 Å². The Labute approximate surface area is 121 Å². The smallest absolute Gasteiger partial charge is 0.338 e. The SMILES string of the molecule is O=C(O)c1cccnc1C(=O)Nc1ccc(F)cc1Br. The van der Waals surface area contributed by atoms with Gasteiger partial charge in [0.15, 0.2) is 0 Å². The van der Waals surface area contributed by atoms with Gasteiger partial charge in [-0.1, -0.05) is 0 Å². The Balaban J connectivity index is 2.31. The average Bonchev–Trinajstić information content (AvgIpc) is 2.41. The van der Waals surface area contributed by atoms with Crippen LogP contribution in [0.25, 0.3) is 0 Å². The molecule has 1 amide bonds. The number of carboxylic acids is 1. The van der Waals surface area contributed by atoms with E-state index < -0.39 is 17.7 Å². The standard InChI is InChI=1S/C13H8BrFN2O3/c14-9-6-7(15)3-4-10(9)17-12(18)11-8(13(19)20)2-1-5-16-11/h1-6H,(H,17,18)(H,19,20). The zero-order chi connectivity index (χ0) is 14.7. The number of anilines is 1. The van der Waals surface area contributed by atoms with E-state index in [9.17, 15) is 14.0 Å². The number of halogens is 2. The number of carbonyl (C=O) groups is 2. The number of benzene rings is 1. The Hall–Kier alpha value is -2.28. The topological polar surface area (TPSA) is 79.3 Å². The van der Waals surface area contributed by atoms with Crippen LogP contribution in [0.1, 0.15) is 20.8 Å². The molecule has 0 atom stereocenters. The minimum Gasteiger partial charge on any atom is -0.478 e. The summed E-state index contributed by atoms with van der Waals surface area (Å²) in [7, 11) is 0. The Morgan fingerprint density at radius 2 is 2.05 bits per heavy atom. The number of pyridine rings is 1. The van der Waals surface area contributed by atoms with Crippen LogP contribution >= 0.6 is 15.9 Å². The number of carboxylic acid groups (broad SMARTS) is 1. The quantitative estimate of drug-likeness (QED) is 0.901. The maximum absolute atomic E-state index is 12.9. The molecule has 0 aliphatic rings. The molecule has 0 saturated carbocycles. The molecule has 7 heteroatoms.